The lowest BCUT2D eigenvalue weighted by Gasteiger charge is -2.12. The van der Waals surface area contributed by atoms with Crippen molar-refractivity contribution >= 4 is 0 Å². The van der Waals surface area contributed by atoms with Crippen LogP contribution in [-0.2, 0) is 6.54 Å². The van der Waals surface area contributed by atoms with E-state index in [9.17, 15) is 8.78 Å². The molecule has 1 N–H and O–H groups in total. The van der Waals surface area contributed by atoms with E-state index >= 15 is 0 Å². The normalized spacial score (nSPS) is 10.8. The number of rotatable bonds is 5. The molecule has 0 aliphatic rings. The van der Waals surface area contributed by atoms with Crippen molar-refractivity contribution in [1.29, 1.82) is 0 Å². The van der Waals surface area contributed by atoms with Crippen molar-refractivity contribution < 1.29 is 13.5 Å². The Bertz CT molecular complexity index is 588. The molecule has 1 aromatic heterocycles. The summed E-state index contributed by atoms with van der Waals surface area (Å²) in [5.74, 6) is -1.13. The minimum atomic E-state index is -0.751. The van der Waals surface area contributed by atoms with Crippen LogP contribution in [0.15, 0.2) is 36.5 Å². The third-order valence-corrected chi connectivity index (χ3v) is 2.65. The molecule has 2 rings (SSSR count). The quantitative estimate of drug-likeness (QED) is 0.906. The maximum Gasteiger partial charge on any atom is 0.223 e. The van der Waals surface area contributed by atoms with E-state index < -0.39 is 11.6 Å². The second-order valence-electron chi connectivity index (χ2n) is 4.68. The van der Waals surface area contributed by atoms with Gasteiger partial charge >= 0.3 is 0 Å². The fourth-order valence-corrected chi connectivity index (χ4v) is 1.63. The Morgan fingerprint density at radius 2 is 2.05 bits per heavy atom. The fourth-order valence-electron chi connectivity index (χ4n) is 1.63. The number of hydrogen-bond acceptors (Lipinski definition) is 3. The van der Waals surface area contributed by atoms with Gasteiger partial charge in [0.05, 0.1) is 0 Å². The van der Waals surface area contributed by atoms with Crippen LogP contribution in [0.2, 0.25) is 0 Å². The van der Waals surface area contributed by atoms with Gasteiger partial charge in [-0.25, -0.2) is 13.8 Å². The van der Waals surface area contributed by atoms with E-state index in [1.54, 1.807) is 12.3 Å². The summed E-state index contributed by atoms with van der Waals surface area (Å²) < 4.78 is 31.9. The van der Waals surface area contributed by atoms with Crippen LogP contribution in [0.1, 0.15) is 19.4 Å². The Balaban J connectivity index is 2.20. The number of nitrogens with one attached hydrogen (secondary N) is 1. The van der Waals surface area contributed by atoms with Crippen LogP contribution in [-0.4, -0.2) is 11.0 Å². The maximum absolute atomic E-state index is 13.6. The first kappa shape index (κ1) is 14.4. The third-order valence-electron chi connectivity index (χ3n) is 2.65. The fraction of sp³-hybridized carbons (Fsp3) is 0.267. The first-order chi connectivity index (χ1) is 9.56. The molecule has 3 nitrogen and oxygen atoms in total. The predicted octanol–water partition coefficient (Wildman–Crippen LogP) is 3.65. The molecule has 1 aromatic carbocycles. The van der Waals surface area contributed by atoms with Gasteiger partial charge in [0.25, 0.3) is 0 Å². The molecule has 0 spiro atoms. The lowest BCUT2D eigenvalue weighted by atomic mass is 10.2. The van der Waals surface area contributed by atoms with Crippen molar-refractivity contribution in [2.45, 2.75) is 26.4 Å². The molecule has 5 heteroatoms. The van der Waals surface area contributed by atoms with Crippen molar-refractivity contribution in [1.82, 2.24) is 10.3 Å². The highest BCUT2D eigenvalue weighted by atomic mass is 19.1. The smallest absolute Gasteiger partial charge is 0.223 e. The maximum atomic E-state index is 13.6. The summed E-state index contributed by atoms with van der Waals surface area (Å²) in [6.07, 6.45) is 1.57. The molecule has 0 saturated heterocycles. The van der Waals surface area contributed by atoms with Crippen molar-refractivity contribution in [3.8, 4) is 11.6 Å². The summed E-state index contributed by atoms with van der Waals surface area (Å²) in [6, 6.07) is 7.12. The molecular formula is C15H16F2N2O. The van der Waals surface area contributed by atoms with Gasteiger partial charge in [0.15, 0.2) is 11.6 Å². The molecule has 0 bridgehead atoms. The van der Waals surface area contributed by atoms with Crippen LogP contribution < -0.4 is 10.1 Å². The molecule has 1 heterocycles. The molecule has 0 saturated carbocycles. The van der Waals surface area contributed by atoms with E-state index in [0.29, 0.717) is 18.5 Å². The summed E-state index contributed by atoms with van der Waals surface area (Å²) in [5.41, 5.74) is 0.810. The van der Waals surface area contributed by atoms with Crippen molar-refractivity contribution in [2.24, 2.45) is 0 Å². The molecule has 2 aromatic rings. The topological polar surface area (TPSA) is 34.2 Å². The minimum absolute atomic E-state index is 0.0455. The van der Waals surface area contributed by atoms with E-state index in [4.69, 9.17) is 4.74 Å². The Kier molecular flexibility index (Phi) is 4.63. The highest BCUT2D eigenvalue weighted by Crippen LogP contribution is 2.25. The first-order valence-electron chi connectivity index (χ1n) is 6.36. The van der Waals surface area contributed by atoms with E-state index in [2.05, 4.69) is 10.3 Å². The SMILES string of the molecule is CC(C)NCc1cccnc1Oc1ccc(F)cc1F. The predicted molar refractivity (Wildman–Crippen MR) is 72.6 cm³/mol. The molecule has 0 radical (unpaired) electrons. The Morgan fingerprint density at radius 1 is 1.25 bits per heavy atom. The van der Waals surface area contributed by atoms with E-state index in [1.807, 2.05) is 19.9 Å². The molecule has 0 unspecified atom stereocenters. The second kappa shape index (κ2) is 6.43. The van der Waals surface area contributed by atoms with Gasteiger partial charge in [0.1, 0.15) is 5.82 Å². The Morgan fingerprint density at radius 3 is 2.75 bits per heavy atom. The Hall–Kier alpha value is -2.01. The standard InChI is InChI=1S/C15H16F2N2O/c1-10(2)19-9-11-4-3-7-18-15(11)20-14-6-5-12(16)8-13(14)17/h3-8,10,19H,9H2,1-2H3. The molecule has 106 valence electrons. The van der Waals surface area contributed by atoms with Crippen LogP contribution in [0.4, 0.5) is 8.78 Å². The second-order valence-corrected chi connectivity index (χ2v) is 4.68. The zero-order valence-corrected chi connectivity index (χ0v) is 11.4. The summed E-state index contributed by atoms with van der Waals surface area (Å²) in [7, 11) is 0. The number of ether oxygens (including phenoxy) is 1. The van der Waals surface area contributed by atoms with Crippen molar-refractivity contribution in [3.05, 3.63) is 53.7 Å². The first-order valence-corrected chi connectivity index (χ1v) is 6.36. The van der Waals surface area contributed by atoms with Gasteiger partial charge in [-0.2, -0.15) is 0 Å². The molecule has 0 aliphatic heterocycles. The molecule has 0 amide bonds. The van der Waals surface area contributed by atoms with Gasteiger partial charge in [-0.1, -0.05) is 19.9 Å². The molecule has 0 fully saturated rings. The number of benzene rings is 1. The zero-order chi connectivity index (χ0) is 14.5. The van der Waals surface area contributed by atoms with Gasteiger partial charge in [-0.05, 0) is 18.2 Å². The Labute approximate surface area is 116 Å². The summed E-state index contributed by atoms with van der Waals surface area (Å²) in [6.45, 7) is 4.61. The number of halogens is 2. The zero-order valence-electron chi connectivity index (χ0n) is 11.4. The average Bonchev–Trinajstić information content (AvgIpc) is 2.41. The van der Waals surface area contributed by atoms with Crippen LogP contribution in [0, 0.1) is 11.6 Å². The summed E-state index contributed by atoms with van der Waals surface area (Å²) in [5, 5.41) is 3.24. The monoisotopic (exact) mass is 278 g/mol. The van der Waals surface area contributed by atoms with Crippen LogP contribution >= 0.6 is 0 Å². The summed E-state index contributed by atoms with van der Waals surface area (Å²) >= 11 is 0. The molecule has 0 atom stereocenters. The van der Waals surface area contributed by atoms with E-state index in [1.165, 1.54) is 6.07 Å². The van der Waals surface area contributed by atoms with Crippen LogP contribution in [0.3, 0.4) is 0 Å². The van der Waals surface area contributed by atoms with Crippen LogP contribution in [0.5, 0.6) is 11.6 Å². The largest absolute Gasteiger partial charge is 0.436 e. The van der Waals surface area contributed by atoms with E-state index in [0.717, 1.165) is 17.7 Å². The highest BCUT2D eigenvalue weighted by molar-refractivity contribution is 5.33. The van der Waals surface area contributed by atoms with Crippen molar-refractivity contribution in [3.63, 3.8) is 0 Å². The van der Waals surface area contributed by atoms with Gasteiger partial charge < -0.3 is 10.1 Å². The van der Waals surface area contributed by atoms with Gasteiger partial charge in [0, 0.05) is 30.4 Å². The number of aromatic nitrogens is 1. The summed E-state index contributed by atoms with van der Waals surface area (Å²) in [4.78, 5) is 4.09. The number of pyridine rings is 1. The number of nitrogens with zero attached hydrogens (tertiary/aromatic N) is 1. The minimum Gasteiger partial charge on any atom is -0.436 e. The molecule has 0 aliphatic carbocycles. The lowest BCUT2D eigenvalue weighted by Crippen LogP contribution is -2.22. The van der Waals surface area contributed by atoms with Gasteiger partial charge in [0.2, 0.25) is 5.88 Å². The van der Waals surface area contributed by atoms with E-state index in [-0.39, 0.29) is 5.75 Å². The van der Waals surface area contributed by atoms with Crippen LogP contribution in [0.25, 0.3) is 0 Å². The molecule has 20 heavy (non-hydrogen) atoms. The third kappa shape index (κ3) is 3.74. The highest BCUT2D eigenvalue weighted by Gasteiger charge is 2.10. The number of hydrogen-bond donors (Lipinski definition) is 1. The lowest BCUT2D eigenvalue weighted by molar-refractivity contribution is 0.415. The van der Waals surface area contributed by atoms with Gasteiger partial charge in [-0.15, -0.1) is 0 Å². The van der Waals surface area contributed by atoms with Crippen molar-refractivity contribution in [2.75, 3.05) is 0 Å². The van der Waals surface area contributed by atoms with Gasteiger partial charge in [-0.3, -0.25) is 0 Å². The molecular weight excluding hydrogens is 262 g/mol. The average molecular weight is 278 g/mol.